The summed E-state index contributed by atoms with van der Waals surface area (Å²) >= 11 is 1.66. The molecule has 0 radical (unpaired) electrons. The van der Waals surface area contributed by atoms with Crippen molar-refractivity contribution in [3.63, 3.8) is 0 Å². The summed E-state index contributed by atoms with van der Waals surface area (Å²) in [5.74, 6) is 1.91. The largest absolute Gasteiger partial charge is 0.493 e. The molecule has 0 aliphatic carbocycles. The summed E-state index contributed by atoms with van der Waals surface area (Å²) in [5, 5.41) is 9.56. The Balaban J connectivity index is 1.49. The number of thioether (sulfide) groups is 1. The van der Waals surface area contributed by atoms with E-state index >= 15 is 0 Å². The molecule has 6 nitrogen and oxygen atoms in total. The molecular formula is C16H16N4O2S. The molecule has 0 saturated carbocycles. The number of carbonyl (C=O) groups excluding carboxylic acids is 1. The zero-order valence-corrected chi connectivity index (χ0v) is 13.4. The van der Waals surface area contributed by atoms with E-state index in [1.165, 1.54) is 5.56 Å². The van der Waals surface area contributed by atoms with Crippen molar-refractivity contribution in [2.24, 2.45) is 4.99 Å². The molecule has 23 heavy (non-hydrogen) atoms. The first kappa shape index (κ1) is 14.3. The molecule has 4 rings (SSSR count). The maximum absolute atomic E-state index is 12.3. The van der Waals surface area contributed by atoms with Gasteiger partial charge in [0, 0.05) is 23.9 Å². The first-order chi connectivity index (χ1) is 11.2. The fraction of sp³-hybridized carbons (Fsp3) is 0.312. The van der Waals surface area contributed by atoms with Crippen LogP contribution in [0, 0.1) is 6.92 Å². The Hall–Kier alpha value is -2.28. The van der Waals surface area contributed by atoms with E-state index in [4.69, 9.17) is 4.74 Å². The summed E-state index contributed by atoms with van der Waals surface area (Å²) in [7, 11) is 0. The van der Waals surface area contributed by atoms with Gasteiger partial charge in [-0.3, -0.25) is 14.9 Å². The molecular weight excluding hydrogens is 312 g/mol. The number of H-pyrrole nitrogens is 1. The van der Waals surface area contributed by atoms with Crippen molar-refractivity contribution < 1.29 is 9.53 Å². The molecule has 3 heterocycles. The number of rotatable bonds is 3. The van der Waals surface area contributed by atoms with Crippen molar-refractivity contribution in [3.8, 4) is 5.75 Å². The molecule has 1 atom stereocenters. The standard InChI is InChI=1S/C16H16N4O2S/c1-9-6-14(20-19-9)18-15(21)12-8-23-16(17-12)11-2-3-13-10(7-11)4-5-22-13/h2-3,6-7,16H,4-5,8H2,1H3,(H2,18,19,20,21). The van der Waals surface area contributed by atoms with Crippen LogP contribution in [-0.2, 0) is 11.2 Å². The minimum Gasteiger partial charge on any atom is -0.493 e. The van der Waals surface area contributed by atoms with Gasteiger partial charge in [-0.25, -0.2) is 0 Å². The zero-order valence-electron chi connectivity index (χ0n) is 12.6. The van der Waals surface area contributed by atoms with E-state index in [0.29, 0.717) is 17.3 Å². The molecule has 0 saturated heterocycles. The topological polar surface area (TPSA) is 79.4 Å². The number of nitrogens with zero attached hydrogens (tertiary/aromatic N) is 2. The highest BCUT2D eigenvalue weighted by Crippen LogP contribution is 2.38. The quantitative estimate of drug-likeness (QED) is 0.907. The molecule has 2 aromatic rings. The van der Waals surface area contributed by atoms with E-state index in [1.807, 2.05) is 19.1 Å². The van der Waals surface area contributed by atoms with Crippen LogP contribution in [-0.4, -0.2) is 34.2 Å². The van der Waals surface area contributed by atoms with Gasteiger partial charge in [-0.1, -0.05) is 6.07 Å². The predicted molar refractivity (Wildman–Crippen MR) is 90.2 cm³/mol. The monoisotopic (exact) mass is 328 g/mol. The number of aliphatic imine (C=N–C) groups is 1. The summed E-state index contributed by atoms with van der Waals surface area (Å²) in [6.45, 7) is 2.63. The van der Waals surface area contributed by atoms with Gasteiger partial charge < -0.3 is 10.1 Å². The Morgan fingerprint density at radius 2 is 2.35 bits per heavy atom. The van der Waals surface area contributed by atoms with Crippen LogP contribution in [0.4, 0.5) is 5.82 Å². The summed E-state index contributed by atoms with van der Waals surface area (Å²) < 4.78 is 5.53. The first-order valence-corrected chi connectivity index (χ1v) is 8.51. The normalized spacial score (nSPS) is 19.2. The number of ether oxygens (including phenoxy) is 1. The number of anilines is 1. The van der Waals surface area contributed by atoms with Crippen molar-refractivity contribution in [1.29, 1.82) is 0 Å². The van der Waals surface area contributed by atoms with Gasteiger partial charge in [-0.05, 0) is 30.2 Å². The lowest BCUT2D eigenvalue weighted by atomic mass is 10.1. The van der Waals surface area contributed by atoms with Gasteiger partial charge in [-0.15, -0.1) is 11.8 Å². The fourth-order valence-electron chi connectivity index (χ4n) is 2.70. The molecule has 2 aliphatic rings. The summed E-state index contributed by atoms with van der Waals surface area (Å²) in [6.07, 6.45) is 0.941. The lowest BCUT2D eigenvalue weighted by Crippen LogP contribution is -2.23. The van der Waals surface area contributed by atoms with Crippen LogP contribution in [0.5, 0.6) is 5.75 Å². The van der Waals surface area contributed by atoms with Gasteiger partial charge in [0.15, 0.2) is 5.82 Å². The maximum atomic E-state index is 12.3. The van der Waals surface area contributed by atoms with Crippen molar-refractivity contribution in [1.82, 2.24) is 10.2 Å². The first-order valence-electron chi connectivity index (χ1n) is 7.46. The second-order valence-corrected chi connectivity index (χ2v) is 6.66. The third-order valence-electron chi connectivity index (χ3n) is 3.86. The minimum atomic E-state index is -0.184. The predicted octanol–water partition coefficient (Wildman–Crippen LogP) is 2.48. The Kier molecular flexibility index (Phi) is 3.57. The molecule has 1 aromatic heterocycles. The van der Waals surface area contributed by atoms with Crippen LogP contribution in [0.1, 0.15) is 22.2 Å². The smallest absolute Gasteiger partial charge is 0.271 e. The molecule has 118 valence electrons. The van der Waals surface area contributed by atoms with Crippen LogP contribution in [0.2, 0.25) is 0 Å². The molecule has 0 fully saturated rings. The number of aromatic amines is 1. The minimum absolute atomic E-state index is 0.0254. The highest BCUT2D eigenvalue weighted by molar-refractivity contribution is 8.00. The van der Waals surface area contributed by atoms with Gasteiger partial charge in [0.05, 0.1) is 6.61 Å². The van der Waals surface area contributed by atoms with Gasteiger partial charge >= 0.3 is 0 Å². The van der Waals surface area contributed by atoms with E-state index in [0.717, 1.165) is 30.0 Å². The van der Waals surface area contributed by atoms with Crippen LogP contribution in [0.25, 0.3) is 0 Å². The number of fused-ring (bicyclic) bond motifs is 1. The van der Waals surface area contributed by atoms with E-state index in [-0.39, 0.29) is 11.3 Å². The van der Waals surface area contributed by atoms with Gasteiger partial charge in [-0.2, -0.15) is 5.10 Å². The molecule has 2 aliphatic heterocycles. The maximum Gasteiger partial charge on any atom is 0.271 e. The van der Waals surface area contributed by atoms with Crippen molar-refractivity contribution >= 4 is 29.2 Å². The van der Waals surface area contributed by atoms with Crippen molar-refractivity contribution in [2.75, 3.05) is 17.7 Å². The summed E-state index contributed by atoms with van der Waals surface area (Å²) in [4.78, 5) is 16.8. The number of hydrogen-bond donors (Lipinski definition) is 2. The third kappa shape index (κ3) is 2.84. The fourth-order valence-corrected chi connectivity index (χ4v) is 3.76. The number of benzene rings is 1. The number of nitrogens with one attached hydrogen (secondary N) is 2. The van der Waals surface area contributed by atoms with E-state index in [2.05, 4.69) is 26.6 Å². The summed E-state index contributed by atoms with van der Waals surface area (Å²) in [6, 6.07) is 7.96. The SMILES string of the molecule is Cc1cc(NC(=O)C2=NC(c3ccc4c(c3)CCO4)SC2)n[nH]1. The van der Waals surface area contributed by atoms with Crippen LogP contribution >= 0.6 is 11.8 Å². The second kappa shape index (κ2) is 5.73. The second-order valence-electron chi connectivity index (χ2n) is 5.60. The Labute approximate surface area is 137 Å². The molecule has 7 heteroatoms. The van der Waals surface area contributed by atoms with E-state index in [1.54, 1.807) is 17.8 Å². The van der Waals surface area contributed by atoms with Crippen LogP contribution in [0.15, 0.2) is 29.3 Å². The number of amides is 1. The number of aryl methyl sites for hydroxylation is 1. The summed E-state index contributed by atoms with van der Waals surface area (Å²) in [5.41, 5.74) is 3.81. The molecule has 0 spiro atoms. The van der Waals surface area contributed by atoms with Crippen molar-refractivity contribution in [2.45, 2.75) is 18.7 Å². The van der Waals surface area contributed by atoms with Crippen LogP contribution in [0.3, 0.4) is 0 Å². The van der Waals surface area contributed by atoms with Crippen molar-refractivity contribution in [3.05, 3.63) is 41.1 Å². The molecule has 1 amide bonds. The number of aromatic nitrogens is 2. The Morgan fingerprint density at radius 3 is 3.17 bits per heavy atom. The Bertz CT molecular complexity index is 799. The van der Waals surface area contributed by atoms with Gasteiger partial charge in [0.2, 0.25) is 0 Å². The molecule has 2 N–H and O–H groups in total. The lowest BCUT2D eigenvalue weighted by molar-refractivity contribution is -0.110. The van der Waals surface area contributed by atoms with E-state index in [9.17, 15) is 4.79 Å². The molecule has 1 aromatic carbocycles. The number of hydrogen-bond acceptors (Lipinski definition) is 5. The lowest BCUT2D eigenvalue weighted by Gasteiger charge is -2.07. The molecule has 1 unspecified atom stereocenters. The van der Waals surface area contributed by atoms with Gasteiger partial charge in [0.1, 0.15) is 16.8 Å². The van der Waals surface area contributed by atoms with Gasteiger partial charge in [0.25, 0.3) is 5.91 Å². The zero-order chi connectivity index (χ0) is 15.8. The van der Waals surface area contributed by atoms with E-state index < -0.39 is 0 Å². The molecule has 0 bridgehead atoms. The Morgan fingerprint density at radius 1 is 1.43 bits per heavy atom. The highest BCUT2D eigenvalue weighted by Gasteiger charge is 2.26. The van der Waals surface area contributed by atoms with Crippen LogP contribution < -0.4 is 10.1 Å². The average Bonchev–Trinajstić information content (AvgIpc) is 3.26. The third-order valence-corrected chi connectivity index (χ3v) is 4.99. The highest BCUT2D eigenvalue weighted by atomic mass is 32.2. The average molecular weight is 328 g/mol. The number of carbonyl (C=O) groups is 1.